The molecule has 4 nitrogen and oxygen atoms in total. The van der Waals surface area contributed by atoms with Crippen LogP contribution in [0.5, 0.6) is 0 Å². The average molecular weight is 253 g/mol. The minimum absolute atomic E-state index is 0.0386. The number of rotatable bonds is 3. The van der Waals surface area contributed by atoms with E-state index in [-0.39, 0.29) is 11.5 Å². The van der Waals surface area contributed by atoms with Gasteiger partial charge in [0, 0.05) is 12.6 Å². The smallest absolute Gasteiger partial charge is 0.249 e. The molecule has 1 aliphatic heterocycles. The minimum Gasteiger partial charge on any atom is -0.501 e. The summed E-state index contributed by atoms with van der Waals surface area (Å²) in [5.41, 5.74) is -0.0639. The molecule has 0 radical (unpaired) electrons. The molecule has 1 saturated heterocycles. The topological polar surface area (TPSA) is 38.8 Å². The zero-order chi connectivity index (χ0) is 12.8. The number of morpholine rings is 1. The molecule has 2 aliphatic rings. The van der Waals surface area contributed by atoms with Crippen LogP contribution in [0.25, 0.3) is 0 Å². The van der Waals surface area contributed by atoms with Gasteiger partial charge in [-0.15, -0.1) is 0 Å². The second-order valence-corrected chi connectivity index (χ2v) is 5.11. The molecular weight excluding hydrogens is 230 g/mol. The first-order valence-electron chi connectivity index (χ1n) is 6.97. The molecule has 1 saturated carbocycles. The summed E-state index contributed by atoms with van der Waals surface area (Å²) in [7, 11) is 0. The summed E-state index contributed by atoms with van der Waals surface area (Å²) in [5.74, 6) is 0.0386. The number of ether oxygens (including phenoxy) is 2. The molecule has 1 heterocycles. The molecule has 1 spiro atoms. The minimum atomic E-state index is -0.0639. The van der Waals surface area contributed by atoms with Crippen LogP contribution < -0.4 is 0 Å². The highest BCUT2D eigenvalue weighted by atomic mass is 16.5. The Hall–Kier alpha value is -1.03. The van der Waals surface area contributed by atoms with E-state index < -0.39 is 0 Å². The van der Waals surface area contributed by atoms with Gasteiger partial charge in [-0.3, -0.25) is 4.79 Å². The summed E-state index contributed by atoms with van der Waals surface area (Å²) < 4.78 is 11.0. The van der Waals surface area contributed by atoms with Gasteiger partial charge < -0.3 is 14.4 Å². The van der Waals surface area contributed by atoms with E-state index in [0.717, 1.165) is 19.4 Å². The van der Waals surface area contributed by atoms with E-state index in [1.165, 1.54) is 31.6 Å². The SMILES string of the molecule is CCO/C=C/C(=O)N1CCOC2(CCCCC2)C1. The van der Waals surface area contributed by atoms with Crippen molar-refractivity contribution in [3.63, 3.8) is 0 Å². The fourth-order valence-electron chi connectivity index (χ4n) is 2.84. The third kappa shape index (κ3) is 3.25. The van der Waals surface area contributed by atoms with Crippen molar-refractivity contribution in [1.82, 2.24) is 4.90 Å². The van der Waals surface area contributed by atoms with Crippen molar-refractivity contribution in [1.29, 1.82) is 0 Å². The predicted molar refractivity (Wildman–Crippen MR) is 69.1 cm³/mol. The normalized spacial score (nSPS) is 23.5. The molecule has 102 valence electrons. The largest absolute Gasteiger partial charge is 0.501 e. The Labute approximate surface area is 109 Å². The first kappa shape index (κ1) is 13.4. The van der Waals surface area contributed by atoms with E-state index in [4.69, 9.17) is 9.47 Å². The summed E-state index contributed by atoms with van der Waals surface area (Å²) in [6, 6.07) is 0. The third-order valence-corrected chi connectivity index (χ3v) is 3.80. The number of carbonyl (C=O) groups is 1. The first-order chi connectivity index (χ1) is 8.76. The zero-order valence-corrected chi connectivity index (χ0v) is 11.2. The average Bonchev–Trinajstić information content (AvgIpc) is 2.40. The van der Waals surface area contributed by atoms with Gasteiger partial charge in [-0.25, -0.2) is 0 Å². The molecule has 1 amide bonds. The lowest BCUT2D eigenvalue weighted by molar-refractivity contribution is -0.152. The molecule has 0 aromatic carbocycles. The van der Waals surface area contributed by atoms with Crippen molar-refractivity contribution in [2.24, 2.45) is 0 Å². The van der Waals surface area contributed by atoms with Crippen molar-refractivity contribution in [3.05, 3.63) is 12.3 Å². The molecule has 0 bridgehead atoms. The van der Waals surface area contributed by atoms with E-state index in [2.05, 4.69) is 0 Å². The number of hydrogen-bond acceptors (Lipinski definition) is 3. The van der Waals surface area contributed by atoms with Crippen LogP contribution in [0.15, 0.2) is 12.3 Å². The summed E-state index contributed by atoms with van der Waals surface area (Å²) in [6.45, 7) is 4.59. The van der Waals surface area contributed by atoms with Crippen LogP contribution in [0, 0.1) is 0 Å². The van der Waals surface area contributed by atoms with Crippen LogP contribution in [0.1, 0.15) is 39.0 Å². The Morgan fingerprint density at radius 1 is 1.39 bits per heavy atom. The molecule has 18 heavy (non-hydrogen) atoms. The van der Waals surface area contributed by atoms with Crippen LogP contribution >= 0.6 is 0 Å². The Morgan fingerprint density at radius 3 is 2.89 bits per heavy atom. The highest BCUT2D eigenvalue weighted by Crippen LogP contribution is 2.34. The van der Waals surface area contributed by atoms with Gasteiger partial charge in [0.2, 0.25) is 5.91 Å². The summed E-state index contributed by atoms with van der Waals surface area (Å²) in [6.07, 6.45) is 8.92. The van der Waals surface area contributed by atoms with E-state index in [1.807, 2.05) is 11.8 Å². The maximum Gasteiger partial charge on any atom is 0.249 e. The molecule has 0 aromatic rings. The molecule has 2 fully saturated rings. The zero-order valence-electron chi connectivity index (χ0n) is 11.2. The van der Waals surface area contributed by atoms with Crippen LogP contribution in [-0.2, 0) is 14.3 Å². The third-order valence-electron chi connectivity index (χ3n) is 3.80. The highest BCUT2D eigenvalue weighted by molar-refractivity contribution is 5.87. The van der Waals surface area contributed by atoms with Crippen molar-refractivity contribution in [3.8, 4) is 0 Å². The molecule has 1 aliphatic carbocycles. The van der Waals surface area contributed by atoms with E-state index >= 15 is 0 Å². The van der Waals surface area contributed by atoms with E-state index in [9.17, 15) is 4.79 Å². The highest BCUT2D eigenvalue weighted by Gasteiger charge is 2.38. The summed E-state index contributed by atoms with van der Waals surface area (Å²) >= 11 is 0. The number of hydrogen-bond donors (Lipinski definition) is 0. The Balaban J connectivity index is 1.91. The Morgan fingerprint density at radius 2 is 2.17 bits per heavy atom. The van der Waals surface area contributed by atoms with Gasteiger partial charge in [0.25, 0.3) is 0 Å². The monoisotopic (exact) mass is 253 g/mol. The fraction of sp³-hybridized carbons (Fsp3) is 0.786. The Kier molecular flexibility index (Phi) is 4.64. The second kappa shape index (κ2) is 6.23. The van der Waals surface area contributed by atoms with Gasteiger partial charge in [0.15, 0.2) is 0 Å². The van der Waals surface area contributed by atoms with E-state index in [0.29, 0.717) is 19.8 Å². The fourth-order valence-corrected chi connectivity index (χ4v) is 2.84. The molecule has 0 atom stereocenters. The van der Waals surface area contributed by atoms with Crippen LogP contribution in [0.3, 0.4) is 0 Å². The van der Waals surface area contributed by atoms with Crippen molar-refractivity contribution in [2.75, 3.05) is 26.3 Å². The number of amides is 1. The molecule has 0 aromatic heterocycles. The maximum atomic E-state index is 12.0. The lowest BCUT2D eigenvalue weighted by Gasteiger charge is -2.44. The lowest BCUT2D eigenvalue weighted by atomic mass is 9.83. The van der Waals surface area contributed by atoms with Gasteiger partial charge in [-0.05, 0) is 19.8 Å². The van der Waals surface area contributed by atoms with Crippen LogP contribution in [0.2, 0.25) is 0 Å². The molecule has 0 N–H and O–H groups in total. The van der Waals surface area contributed by atoms with Gasteiger partial charge >= 0.3 is 0 Å². The van der Waals surface area contributed by atoms with Crippen molar-refractivity contribution >= 4 is 5.91 Å². The second-order valence-electron chi connectivity index (χ2n) is 5.11. The van der Waals surface area contributed by atoms with Crippen molar-refractivity contribution in [2.45, 2.75) is 44.6 Å². The molecule has 4 heteroatoms. The quantitative estimate of drug-likeness (QED) is 0.571. The van der Waals surface area contributed by atoms with Gasteiger partial charge in [0.05, 0.1) is 31.6 Å². The van der Waals surface area contributed by atoms with Crippen LogP contribution in [-0.4, -0.2) is 42.7 Å². The van der Waals surface area contributed by atoms with Gasteiger partial charge in [-0.1, -0.05) is 19.3 Å². The summed E-state index contributed by atoms with van der Waals surface area (Å²) in [4.78, 5) is 13.9. The van der Waals surface area contributed by atoms with Gasteiger partial charge in [-0.2, -0.15) is 0 Å². The van der Waals surface area contributed by atoms with E-state index in [1.54, 1.807) is 0 Å². The molecule has 2 rings (SSSR count). The van der Waals surface area contributed by atoms with Crippen molar-refractivity contribution < 1.29 is 14.3 Å². The number of carbonyl (C=O) groups excluding carboxylic acids is 1. The van der Waals surface area contributed by atoms with Crippen LogP contribution in [0.4, 0.5) is 0 Å². The van der Waals surface area contributed by atoms with Gasteiger partial charge in [0.1, 0.15) is 0 Å². The number of nitrogens with zero attached hydrogens (tertiary/aromatic N) is 1. The maximum absolute atomic E-state index is 12.0. The predicted octanol–water partition coefficient (Wildman–Crippen LogP) is 2.10. The molecule has 0 unspecified atom stereocenters. The lowest BCUT2D eigenvalue weighted by Crippen LogP contribution is -2.54. The first-order valence-corrected chi connectivity index (χ1v) is 6.97. The molecular formula is C14H23NO3. The summed E-state index contributed by atoms with van der Waals surface area (Å²) in [5, 5.41) is 0. The Bertz CT molecular complexity index is 303. The standard InChI is InChI=1S/C14H23NO3/c1-2-17-10-6-13(16)15-9-11-18-14(12-15)7-4-3-5-8-14/h6,10H,2-5,7-9,11-12H2,1H3/b10-6+.